The second-order valence-electron chi connectivity index (χ2n) is 4.25. The molecule has 0 aliphatic rings. The third-order valence-electron chi connectivity index (χ3n) is 3.11. The maximum absolute atomic E-state index is 12.4. The molecular weight excluding hydrogens is 256 g/mol. The zero-order chi connectivity index (χ0) is 15.0. The molecule has 0 unspecified atom stereocenters. The summed E-state index contributed by atoms with van der Waals surface area (Å²) in [4.78, 5) is 24.7. The molecule has 0 heterocycles. The molecule has 1 aromatic carbocycles. The lowest BCUT2D eigenvalue weighted by Gasteiger charge is -2.21. The van der Waals surface area contributed by atoms with E-state index in [1.54, 1.807) is 22.1 Å². The Labute approximate surface area is 121 Å². The minimum atomic E-state index is -0.0475. The predicted octanol–water partition coefficient (Wildman–Crippen LogP) is 2.74. The van der Waals surface area contributed by atoms with Crippen molar-refractivity contribution in [2.45, 2.75) is 27.7 Å². The van der Waals surface area contributed by atoms with E-state index < -0.39 is 0 Å². The molecule has 5 nitrogen and oxygen atoms in total. The van der Waals surface area contributed by atoms with Crippen molar-refractivity contribution < 1.29 is 14.7 Å². The molecule has 0 radical (unpaired) electrons. The number of hydroxylamine groups is 2. The Hall–Kier alpha value is -1.59. The lowest BCUT2D eigenvalue weighted by Crippen LogP contribution is -2.31. The monoisotopic (exact) mass is 280 g/mol. The van der Waals surface area contributed by atoms with Gasteiger partial charge in [-0.05, 0) is 39.8 Å². The van der Waals surface area contributed by atoms with Gasteiger partial charge < -0.3 is 9.79 Å². The molecule has 0 aliphatic heterocycles. The van der Waals surface area contributed by atoms with Gasteiger partial charge in [0.05, 0.1) is 5.56 Å². The van der Waals surface area contributed by atoms with Crippen molar-refractivity contribution in [3.05, 3.63) is 29.8 Å². The first-order valence-corrected chi connectivity index (χ1v) is 7.15. The molecule has 0 fully saturated rings. The normalized spacial score (nSPS) is 10.7. The van der Waals surface area contributed by atoms with E-state index in [-0.39, 0.29) is 5.91 Å². The largest absolute Gasteiger partial charge is 0.339 e. The minimum absolute atomic E-state index is 0.0475. The van der Waals surface area contributed by atoms with Gasteiger partial charge in [-0.15, -0.1) is 5.06 Å². The van der Waals surface area contributed by atoms with Gasteiger partial charge in [-0.3, -0.25) is 4.79 Å². The Bertz CT molecular complexity index is 415. The number of hydrogen-bond donors (Lipinski definition) is 0. The van der Waals surface area contributed by atoms with Gasteiger partial charge in [0.25, 0.3) is 5.91 Å². The Balaban J connectivity index is 2.85. The fraction of sp³-hybridized carbons (Fsp3) is 0.533. The van der Waals surface area contributed by atoms with E-state index in [2.05, 4.69) is 0 Å². The molecule has 5 heteroatoms. The van der Waals surface area contributed by atoms with Gasteiger partial charge in [0.1, 0.15) is 0 Å². The van der Waals surface area contributed by atoms with Gasteiger partial charge in [0.15, 0.2) is 5.75 Å². The van der Waals surface area contributed by atoms with Crippen molar-refractivity contribution in [3.8, 4) is 5.75 Å². The topological polar surface area (TPSA) is 42.0 Å². The number of rotatable bonds is 8. The molecule has 0 N–H and O–H groups in total. The van der Waals surface area contributed by atoms with Crippen LogP contribution >= 0.6 is 0 Å². The average molecular weight is 280 g/mol. The van der Waals surface area contributed by atoms with Crippen LogP contribution in [-0.2, 0) is 4.99 Å². The molecule has 0 saturated heterocycles. The molecule has 0 aliphatic carbocycles. The number of carbonyl (C=O) groups is 1. The molecule has 0 bridgehead atoms. The van der Waals surface area contributed by atoms with E-state index >= 15 is 0 Å². The lowest BCUT2D eigenvalue weighted by molar-refractivity contribution is -0.365. The molecule has 112 valence electrons. The van der Waals surface area contributed by atoms with Crippen LogP contribution in [0.15, 0.2) is 24.3 Å². The Kier molecular flexibility index (Phi) is 7.04. The molecule has 0 atom stereocenters. The molecule has 20 heavy (non-hydrogen) atoms. The van der Waals surface area contributed by atoms with Crippen molar-refractivity contribution >= 4 is 5.91 Å². The number of carbonyl (C=O) groups excluding carboxylic acids is 1. The summed E-state index contributed by atoms with van der Waals surface area (Å²) in [5, 5.41) is 1.67. The highest BCUT2D eigenvalue weighted by atomic mass is 17.3. The van der Waals surface area contributed by atoms with Crippen LogP contribution < -0.4 is 4.89 Å². The van der Waals surface area contributed by atoms with Crippen LogP contribution in [0.5, 0.6) is 5.75 Å². The zero-order valence-corrected chi connectivity index (χ0v) is 12.8. The van der Waals surface area contributed by atoms with Gasteiger partial charge >= 0.3 is 0 Å². The summed E-state index contributed by atoms with van der Waals surface area (Å²) in [5.74, 6) is 0.394. The molecule has 1 amide bonds. The molecule has 1 aromatic rings. The summed E-state index contributed by atoms with van der Waals surface area (Å²) in [6.07, 6.45) is 0. The van der Waals surface area contributed by atoms with Crippen molar-refractivity contribution in [2.75, 3.05) is 26.2 Å². The maximum atomic E-state index is 12.4. The van der Waals surface area contributed by atoms with Gasteiger partial charge in [-0.25, -0.2) is 0 Å². The van der Waals surface area contributed by atoms with E-state index in [1.807, 2.05) is 39.8 Å². The van der Waals surface area contributed by atoms with Crippen LogP contribution in [0.3, 0.4) is 0 Å². The fourth-order valence-electron chi connectivity index (χ4n) is 1.82. The maximum Gasteiger partial charge on any atom is 0.257 e. The van der Waals surface area contributed by atoms with Crippen LogP contribution in [-0.4, -0.2) is 42.0 Å². The standard InChI is InChI=1S/C15H24N2O3/c1-5-16(6-2)15(18)13-11-9-10-12-14(13)19-20-17(7-3)8-4/h9-12H,5-8H2,1-4H3. The summed E-state index contributed by atoms with van der Waals surface area (Å²) in [6, 6.07) is 7.13. The highest BCUT2D eigenvalue weighted by Gasteiger charge is 2.18. The van der Waals surface area contributed by atoms with Crippen molar-refractivity contribution in [2.24, 2.45) is 0 Å². The smallest absolute Gasteiger partial charge is 0.257 e. The Morgan fingerprint density at radius 2 is 1.60 bits per heavy atom. The summed E-state index contributed by atoms with van der Waals surface area (Å²) in [6.45, 7) is 10.6. The van der Waals surface area contributed by atoms with Gasteiger partial charge in [0.2, 0.25) is 0 Å². The Morgan fingerprint density at radius 1 is 1.00 bits per heavy atom. The number of benzene rings is 1. The number of para-hydroxylation sites is 1. The molecule has 0 saturated carbocycles. The summed E-state index contributed by atoms with van der Waals surface area (Å²) >= 11 is 0. The van der Waals surface area contributed by atoms with Crippen LogP contribution in [0.1, 0.15) is 38.1 Å². The number of nitrogens with zero attached hydrogens (tertiary/aromatic N) is 2. The average Bonchev–Trinajstić information content (AvgIpc) is 2.49. The van der Waals surface area contributed by atoms with Crippen LogP contribution in [0.25, 0.3) is 0 Å². The lowest BCUT2D eigenvalue weighted by atomic mass is 10.1. The van der Waals surface area contributed by atoms with E-state index in [9.17, 15) is 4.79 Å². The second kappa shape index (κ2) is 8.55. The highest BCUT2D eigenvalue weighted by Crippen LogP contribution is 2.20. The minimum Gasteiger partial charge on any atom is -0.339 e. The van der Waals surface area contributed by atoms with E-state index in [0.29, 0.717) is 37.5 Å². The van der Waals surface area contributed by atoms with Crippen LogP contribution in [0.2, 0.25) is 0 Å². The summed E-state index contributed by atoms with van der Waals surface area (Å²) in [5.41, 5.74) is 0.517. The molecule has 1 rings (SSSR count). The van der Waals surface area contributed by atoms with Crippen molar-refractivity contribution in [3.63, 3.8) is 0 Å². The number of amides is 1. The van der Waals surface area contributed by atoms with Gasteiger partial charge in [-0.1, -0.05) is 17.1 Å². The first-order valence-electron chi connectivity index (χ1n) is 7.15. The van der Waals surface area contributed by atoms with Gasteiger partial charge in [0, 0.05) is 26.2 Å². The van der Waals surface area contributed by atoms with Crippen molar-refractivity contribution in [1.82, 2.24) is 9.96 Å². The van der Waals surface area contributed by atoms with Crippen LogP contribution in [0.4, 0.5) is 0 Å². The highest BCUT2D eigenvalue weighted by molar-refractivity contribution is 5.96. The third kappa shape index (κ3) is 4.21. The molecule has 0 spiro atoms. The first-order chi connectivity index (χ1) is 9.67. The molecule has 0 aromatic heterocycles. The van der Waals surface area contributed by atoms with Gasteiger partial charge in [-0.2, -0.15) is 0 Å². The zero-order valence-electron chi connectivity index (χ0n) is 12.8. The first kappa shape index (κ1) is 16.5. The van der Waals surface area contributed by atoms with E-state index in [1.165, 1.54) is 0 Å². The SMILES string of the molecule is CCN(CC)OOc1ccccc1C(=O)N(CC)CC. The predicted molar refractivity (Wildman–Crippen MR) is 78.3 cm³/mol. The molecular formula is C15H24N2O3. The fourth-order valence-corrected chi connectivity index (χ4v) is 1.82. The second-order valence-corrected chi connectivity index (χ2v) is 4.25. The quantitative estimate of drug-likeness (QED) is 0.542. The van der Waals surface area contributed by atoms with E-state index in [0.717, 1.165) is 0 Å². The Morgan fingerprint density at radius 3 is 2.15 bits per heavy atom. The number of hydrogen-bond acceptors (Lipinski definition) is 4. The van der Waals surface area contributed by atoms with E-state index in [4.69, 9.17) is 9.88 Å². The van der Waals surface area contributed by atoms with Crippen molar-refractivity contribution in [1.29, 1.82) is 0 Å². The summed E-state index contributed by atoms with van der Waals surface area (Å²) in [7, 11) is 0. The summed E-state index contributed by atoms with van der Waals surface area (Å²) < 4.78 is 0. The van der Waals surface area contributed by atoms with Crippen LogP contribution in [0, 0.1) is 0 Å². The third-order valence-corrected chi connectivity index (χ3v) is 3.11.